The molecule has 0 bridgehead atoms. The lowest BCUT2D eigenvalue weighted by Gasteiger charge is -2.07. The summed E-state index contributed by atoms with van der Waals surface area (Å²) in [6.07, 6.45) is 1.43. The normalized spacial score (nSPS) is 10.9. The molecule has 0 radical (unpaired) electrons. The Labute approximate surface area is 142 Å². The van der Waals surface area contributed by atoms with Crippen LogP contribution in [0.1, 0.15) is 11.1 Å². The lowest BCUT2D eigenvalue weighted by atomic mass is 10.2. The van der Waals surface area contributed by atoms with E-state index in [-0.39, 0.29) is 18.2 Å². The van der Waals surface area contributed by atoms with Crippen molar-refractivity contribution in [3.05, 3.63) is 57.0 Å². The SMILES string of the molecule is Cc1cc(Br)ccc1NC(=O)CN=Cc1cc(Cl)ccc1O. The van der Waals surface area contributed by atoms with Crippen LogP contribution in [0.3, 0.4) is 0 Å². The van der Waals surface area contributed by atoms with Crippen molar-refractivity contribution in [2.45, 2.75) is 6.92 Å². The molecule has 0 saturated carbocycles. The number of hydrogen-bond acceptors (Lipinski definition) is 3. The number of benzene rings is 2. The second kappa shape index (κ2) is 7.42. The first-order valence-electron chi connectivity index (χ1n) is 6.50. The zero-order valence-corrected chi connectivity index (χ0v) is 14.1. The number of hydrogen-bond donors (Lipinski definition) is 2. The van der Waals surface area contributed by atoms with E-state index >= 15 is 0 Å². The highest BCUT2D eigenvalue weighted by atomic mass is 79.9. The lowest BCUT2D eigenvalue weighted by Crippen LogP contribution is -2.15. The molecule has 2 rings (SSSR count). The van der Waals surface area contributed by atoms with Crippen molar-refractivity contribution in [3.8, 4) is 5.75 Å². The Balaban J connectivity index is 1.98. The fraction of sp³-hybridized carbons (Fsp3) is 0.125. The van der Waals surface area contributed by atoms with Crippen molar-refractivity contribution >= 4 is 45.3 Å². The van der Waals surface area contributed by atoms with Crippen molar-refractivity contribution in [1.82, 2.24) is 0 Å². The minimum absolute atomic E-state index is 0.0402. The number of aryl methyl sites for hydroxylation is 1. The van der Waals surface area contributed by atoms with Crippen LogP contribution < -0.4 is 5.32 Å². The van der Waals surface area contributed by atoms with E-state index in [1.54, 1.807) is 12.1 Å². The van der Waals surface area contributed by atoms with Crippen LogP contribution in [-0.2, 0) is 4.79 Å². The van der Waals surface area contributed by atoms with E-state index in [4.69, 9.17) is 11.6 Å². The minimum atomic E-state index is -0.233. The van der Waals surface area contributed by atoms with E-state index in [0.717, 1.165) is 15.7 Å². The molecule has 2 aromatic carbocycles. The number of carbonyl (C=O) groups excluding carboxylic acids is 1. The molecular weight excluding hydrogens is 368 g/mol. The zero-order valence-electron chi connectivity index (χ0n) is 11.8. The van der Waals surface area contributed by atoms with Crippen LogP contribution in [0.2, 0.25) is 5.02 Å². The Morgan fingerprint density at radius 3 is 2.86 bits per heavy atom. The molecule has 114 valence electrons. The summed E-state index contributed by atoms with van der Waals surface area (Å²) in [6, 6.07) is 10.2. The number of amides is 1. The van der Waals surface area contributed by atoms with E-state index in [2.05, 4.69) is 26.2 Å². The Hall–Kier alpha value is -1.85. The van der Waals surface area contributed by atoms with Gasteiger partial charge in [0.05, 0.1) is 0 Å². The molecule has 22 heavy (non-hydrogen) atoms. The predicted molar refractivity (Wildman–Crippen MR) is 93.1 cm³/mol. The Morgan fingerprint density at radius 1 is 1.36 bits per heavy atom. The summed E-state index contributed by atoms with van der Waals surface area (Å²) in [5, 5.41) is 12.9. The number of rotatable bonds is 4. The summed E-state index contributed by atoms with van der Waals surface area (Å²) in [6.45, 7) is 1.87. The topological polar surface area (TPSA) is 61.7 Å². The Bertz CT molecular complexity index is 732. The number of aromatic hydroxyl groups is 1. The van der Waals surface area contributed by atoms with Gasteiger partial charge in [0.15, 0.2) is 0 Å². The average molecular weight is 382 g/mol. The lowest BCUT2D eigenvalue weighted by molar-refractivity contribution is -0.114. The quantitative estimate of drug-likeness (QED) is 0.781. The third-order valence-electron chi connectivity index (χ3n) is 2.92. The molecule has 2 aromatic rings. The summed E-state index contributed by atoms with van der Waals surface area (Å²) < 4.78 is 0.956. The second-order valence-electron chi connectivity index (χ2n) is 4.68. The van der Waals surface area contributed by atoms with E-state index in [1.165, 1.54) is 12.3 Å². The van der Waals surface area contributed by atoms with Crippen molar-refractivity contribution in [1.29, 1.82) is 0 Å². The highest BCUT2D eigenvalue weighted by Gasteiger charge is 2.04. The fourth-order valence-corrected chi connectivity index (χ4v) is 2.47. The smallest absolute Gasteiger partial charge is 0.246 e. The third-order valence-corrected chi connectivity index (χ3v) is 3.65. The maximum Gasteiger partial charge on any atom is 0.246 e. The van der Waals surface area contributed by atoms with Gasteiger partial charge in [-0.1, -0.05) is 27.5 Å². The first kappa shape index (κ1) is 16.5. The van der Waals surface area contributed by atoms with Crippen molar-refractivity contribution in [2.24, 2.45) is 4.99 Å². The van der Waals surface area contributed by atoms with Gasteiger partial charge in [0, 0.05) is 27.0 Å². The Kier molecular flexibility index (Phi) is 5.57. The monoisotopic (exact) mass is 380 g/mol. The standard InChI is InChI=1S/C16H14BrClN2O2/c1-10-6-12(17)2-4-14(10)20-16(22)9-19-8-11-7-13(18)3-5-15(11)21/h2-8,21H,9H2,1H3,(H,20,22). The summed E-state index contributed by atoms with van der Waals surface area (Å²) in [4.78, 5) is 15.9. The van der Waals surface area contributed by atoms with E-state index in [9.17, 15) is 9.90 Å². The average Bonchev–Trinajstić information content (AvgIpc) is 2.46. The maximum atomic E-state index is 11.9. The number of nitrogens with one attached hydrogen (secondary N) is 1. The predicted octanol–water partition coefficient (Wildman–Crippen LogP) is 4.17. The molecule has 0 aromatic heterocycles. The molecule has 4 nitrogen and oxygen atoms in total. The van der Waals surface area contributed by atoms with Gasteiger partial charge in [0.2, 0.25) is 5.91 Å². The number of aliphatic imine (C=N–C) groups is 1. The largest absolute Gasteiger partial charge is 0.507 e. The fourth-order valence-electron chi connectivity index (χ4n) is 1.81. The van der Waals surface area contributed by atoms with Crippen LogP contribution in [-0.4, -0.2) is 23.8 Å². The number of anilines is 1. The van der Waals surface area contributed by atoms with Gasteiger partial charge in [-0.2, -0.15) is 0 Å². The number of phenols is 1. The summed E-state index contributed by atoms with van der Waals surface area (Å²) in [5.41, 5.74) is 2.17. The zero-order chi connectivity index (χ0) is 16.1. The molecule has 0 atom stereocenters. The molecule has 1 amide bonds. The first-order valence-corrected chi connectivity index (χ1v) is 7.67. The molecule has 0 aliphatic heterocycles. The molecule has 0 saturated heterocycles. The molecule has 2 N–H and O–H groups in total. The van der Waals surface area contributed by atoms with E-state index < -0.39 is 0 Å². The number of carbonyl (C=O) groups is 1. The molecule has 0 fully saturated rings. The van der Waals surface area contributed by atoms with E-state index in [1.807, 2.05) is 25.1 Å². The molecule has 0 heterocycles. The van der Waals surface area contributed by atoms with Crippen LogP contribution in [0.4, 0.5) is 5.69 Å². The van der Waals surface area contributed by atoms with Gasteiger partial charge >= 0.3 is 0 Å². The van der Waals surface area contributed by atoms with Gasteiger partial charge in [0.25, 0.3) is 0 Å². The first-order chi connectivity index (χ1) is 10.5. The van der Waals surface area contributed by atoms with Gasteiger partial charge in [-0.15, -0.1) is 0 Å². The Morgan fingerprint density at radius 2 is 2.14 bits per heavy atom. The highest BCUT2D eigenvalue weighted by molar-refractivity contribution is 9.10. The van der Waals surface area contributed by atoms with Crippen LogP contribution in [0.5, 0.6) is 5.75 Å². The number of phenolic OH excluding ortho intramolecular Hbond substituents is 1. The van der Waals surface area contributed by atoms with Crippen LogP contribution in [0, 0.1) is 6.92 Å². The second-order valence-corrected chi connectivity index (χ2v) is 6.03. The van der Waals surface area contributed by atoms with Gasteiger partial charge < -0.3 is 10.4 Å². The summed E-state index contributed by atoms with van der Waals surface area (Å²) >= 11 is 9.21. The molecular formula is C16H14BrClN2O2. The van der Waals surface area contributed by atoms with Gasteiger partial charge in [-0.05, 0) is 48.9 Å². The van der Waals surface area contributed by atoms with Crippen molar-refractivity contribution < 1.29 is 9.90 Å². The molecule has 0 unspecified atom stereocenters. The number of halogens is 2. The third kappa shape index (κ3) is 4.58. The van der Waals surface area contributed by atoms with Gasteiger partial charge in [-0.3, -0.25) is 9.79 Å². The molecule has 0 aliphatic rings. The highest BCUT2D eigenvalue weighted by Crippen LogP contribution is 2.20. The summed E-state index contributed by atoms with van der Waals surface area (Å²) in [5.74, 6) is -0.166. The van der Waals surface area contributed by atoms with E-state index in [0.29, 0.717) is 10.6 Å². The molecule has 0 aliphatic carbocycles. The van der Waals surface area contributed by atoms with Crippen LogP contribution >= 0.6 is 27.5 Å². The minimum Gasteiger partial charge on any atom is -0.507 e. The summed E-state index contributed by atoms with van der Waals surface area (Å²) in [7, 11) is 0. The maximum absolute atomic E-state index is 11.9. The van der Waals surface area contributed by atoms with Gasteiger partial charge in [0.1, 0.15) is 12.3 Å². The van der Waals surface area contributed by atoms with Gasteiger partial charge in [-0.25, -0.2) is 0 Å². The molecule has 0 spiro atoms. The molecule has 6 heteroatoms. The van der Waals surface area contributed by atoms with Crippen molar-refractivity contribution in [2.75, 3.05) is 11.9 Å². The van der Waals surface area contributed by atoms with Crippen molar-refractivity contribution in [3.63, 3.8) is 0 Å². The van der Waals surface area contributed by atoms with Crippen LogP contribution in [0.15, 0.2) is 45.9 Å². The number of nitrogens with zero attached hydrogens (tertiary/aromatic N) is 1. The van der Waals surface area contributed by atoms with Crippen LogP contribution in [0.25, 0.3) is 0 Å².